The Labute approximate surface area is 188 Å². The van der Waals surface area contributed by atoms with E-state index in [0.717, 1.165) is 28.6 Å². The summed E-state index contributed by atoms with van der Waals surface area (Å²) in [7, 11) is 1.58. The van der Waals surface area contributed by atoms with Gasteiger partial charge in [0, 0.05) is 25.3 Å². The zero-order valence-corrected chi connectivity index (χ0v) is 18.9. The van der Waals surface area contributed by atoms with Crippen LogP contribution in [0.15, 0.2) is 29.2 Å². The highest BCUT2D eigenvalue weighted by atomic mass is 32.2. The predicted molar refractivity (Wildman–Crippen MR) is 119 cm³/mol. The van der Waals surface area contributed by atoms with Crippen molar-refractivity contribution in [3.8, 4) is 5.75 Å². The van der Waals surface area contributed by atoms with Crippen LogP contribution in [0.4, 0.5) is 4.79 Å². The lowest BCUT2D eigenvalue weighted by Crippen LogP contribution is -2.51. The summed E-state index contributed by atoms with van der Waals surface area (Å²) in [5, 5.41) is 2.42. The summed E-state index contributed by atoms with van der Waals surface area (Å²) < 4.78 is 5.12. The number of methoxy groups -OCH3 is 1. The summed E-state index contributed by atoms with van der Waals surface area (Å²) in [5.41, 5.74) is 0.789. The van der Waals surface area contributed by atoms with Crippen molar-refractivity contribution < 1.29 is 23.9 Å². The third-order valence-electron chi connectivity index (χ3n) is 5.67. The van der Waals surface area contributed by atoms with Crippen molar-refractivity contribution in [3.05, 3.63) is 34.7 Å². The van der Waals surface area contributed by atoms with Gasteiger partial charge in [0.15, 0.2) is 0 Å². The molecule has 0 aliphatic carbocycles. The van der Waals surface area contributed by atoms with Crippen molar-refractivity contribution >= 4 is 52.6 Å². The van der Waals surface area contributed by atoms with E-state index in [1.807, 2.05) is 6.92 Å². The number of hydrogen-bond donors (Lipinski definition) is 1. The number of nitrogens with one attached hydrogen (secondary N) is 1. The van der Waals surface area contributed by atoms with Gasteiger partial charge >= 0.3 is 0 Å². The van der Waals surface area contributed by atoms with E-state index in [9.17, 15) is 19.2 Å². The zero-order valence-electron chi connectivity index (χ0n) is 17.3. The van der Waals surface area contributed by atoms with Gasteiger partial charge in [-0.2, -0.15) is 0 Å². The second kappa shape index (κ2) is 8.58. The number of amides is 4. The number of nitrogens with zero attached hydrogens (tertiary/aromatic N) is 2. The highest BCUT2D eigenvalue weighted by molar-refractivity contribution is 8.18. The number of carbonyl (C=O) groups is 4. The third-order valence-corrected chi connectivity index (χ3v) is 8.08. The van der Waals surface area contributed by atoms with E-state index in [1.165, 1.54) is 0 Å². The van der Waals surface area contributed by atoms with Crippen LogP contribution in [0.25, 0.3) is 6.08 Å². The van der Waals surface area contributed by atoms with E-state index >= 15 is 0 Å². The molecule has 2 atom stereocenters. The maximum Gasteiger partial charge on any atom is 0.293 e. The third kappa shape index (κ3) is 4.18. The zero-order chi connectivity index (χ0) is 22.2. The van der Waals surface area contributed by atoms with Crippen molar-refractivity contribution in [1.82, 2.24) is 15.1 Å². The topological polar surface area (TPSA) is 96.0 Å². The Morgan fingerprint density at radius 1 is 1.29 bits per heavy atom. The van der Waals surface area contributed by atoms with Crippen LogP contribution in [0.1, 0.15) is 25.3 Å². The number of carbonyl (C=O) groups excluding carboxylic acids is 4. The number of rotatable bonds is 6. The van der Waals surface area contributed by atoms with Crippen LogP contribution in [0.5, 0.6) is 5.75 Å². The number of thioether (sulfide) groups is 2. The molecule has 0 bridgehead atoms. The van der Waals surface area contributed by atoms with Gasteiger partial charge in [-0.3, -0.25) is 24.1 Å². The van der Waals surface area contributed by atoms with Gasteiger partial charge < -0.3 is 15.0 Å². The van der Waals surface area contributed by atoms with E-state index in [-0.39, 0.29) is 40.9 Å². The summed E-state index contributed by atoms with van der Waals surface area (Å²) in [6.07, 6.45) is 2.88. The summed E-state index contributed by atoms with van der Waals surface area (Å²) in [4.78, 5) is 52.6. The SMILES string of the molecule is COc1ccc(/C=C2/SC(=O)N(CCNC(=O)C3CSC4(C)CCC(=O)N34)C2=O)cc1. The molecule has 3 fully saturated rings. The van der Waals surface area contributed by atoms with E-state index in [1.54, 1.807) is 54.1 Å². The van der Waals surface area contributed by atoms with Crippen LogP contribution >= 0.6 is 23.5 Å². The van der Waals surface area contributed by atoms with Crippen LogP contribution in [0, 0.1) is 0 Å². The molecule has 3 heterocycles. The molecule has 3 saturated heterocycles. The molecule has 4 amide bonds. The lowest BCUT2D eigenvalue weighted by molar-refractivity contribution is -0.137. The van der Waals surface area contributed by atoms with Gasteiger partial charge in [0.25, 0.3) is 11.1 Å². The van der Waals surface area contributed by atoms with Crippen LogP contribution in [-0.2, 0) is 14.4 Å². The van der Waals surface area contributed by atoms with Gasteiger partial charge in [0.05, 0.1) is 16.9 Å². The molecule has 8 nitrogen and oxygen atoms in total. The molecule has 10 heteroatoms. The minimum atomic E-state index is -0.505. The van der Waals surface area contributed by atoms with Crippen molar-refractivity contribution in [2.45, 2.75) is 30.7 Å². The van der Waals surface area contributed by atoms with Crippen LogP contribution in [-0.4, -0.2) is 69.6 Å². The molecule has 164 valence electrons. The van der Waals surface area contributed by atoms with E-state index < -0.39 is 6.04 Å². The maximum absolute atomic E-state index is 12.6. The first kappa shape index (κ1) is 21.8. The molecule has 3 aliphatic heterocycles. The summed E-state index contributed by atoms with van der Waals surface area (Å²) in [6, 6.07) is 6.67. The molecule has 2 unspecified atom stereocenters. The van der Waals surface area contributed by atoms with Crippen molar-refractivity contribution in [2.24, 2.45) is 0 Å². The van der Waals surface area contributed by atoms with Crippen molar-refractivity contribution in [3.63, 3.8) is 0 Å². The maximum atomic E-state index is 12.6. The number of benzene rings is 1. The molecule has 1 aromatic rings. The first-order valence-electron chi connectivity index (χ1n) is 9.96. The lowest BCUT2D eigenvalue weighted by atomic mass is 10.2. The molecular weight excluding hydrogens is 438 g/mol. The van der Waals surface area contributed by atoms with Gasteiger partial charge in [0.1, 0.15) is 11.8 Å². The molecule has 1 N–H and O–H groups in total. The smallest absolute Gasteiger partial charge is 0.293 e. The predicted octanol–water partition coefficient (Wildman–Crippen LogP) is 2.30. The Bertz CT molecular complexity index is 964. The normalized spacial score (nSPS) is 26.7. The van der Waals surface area contributed by atoms with E-state index in [0.29, 0.717) is 22.8 Å². The fourth-order valence-corrected chi connectivity index (χ4v) is 6.26. The van der Waals surface area contributed by atoms with Gasteiger partial charge in [-0.25, -0.2) is 0 Å². The average molecular weight is 462 g/mol. The van der Waals surface area contributed by atoms with Crippen molar-refractivity contribution in [1.29, 1.82) is 0 Å². The molecule has 0 aromatic heterocycles. The first-order chi connectivity index (χ1) is 14.8. The minimum Gasteiger partial charge on any atom is -0.497 e. The highest BCUT2D eigenvalue weighted by Gasteiger charge is 2.52. The summed E-state index contributed by atoms with van der Waals surface area (Å²) >= 11 is 2.51. The van der Waals surface area contributed by atoms with Crippen LogP contribution < -0.4 is 10.1 Å². The Morgan fingerprint density at radius 2 is 2.03 bits per heavy atom. The summed E-state index contributed by atoms with van der Waals surface area (Å²) in [5.74, 6) is 0.645. The Kier molecular flexibility index (Phi) is 6.02. The standard InChI is InChI=1S/C21H23N3O5S2/c1-21-8-7-17(25)24(21)15(12-30-21)18(26)22-9-10-23-19(27)16(31-20(23)28)11-13-3-5-14(29-2)6-4-13/h3-6,11,15H,7-10,12H2,1-2H3,(H,22,26)/b16-11+. The fourth-order valence-electron chi connectivity index (χ4n) is 3.97. The molecule has 0 radical (unpaired) electrons. The van der Waals surface area contributed by atoms with Crippen LogP contribution in [0.2, 0.25) is 0 Å². The molecule has 3 aliphatic rings. The van der Waals surface area contributed by atoms with Gasteiger partial charge in [-0.05, 0) is 48.9 Å². The van der Waals surface area contributed by atoms with Gasteiger partial charge in [-0.1, -0.05) is 12.1 Å². The molecule has 0 saturated carbocycles. The molecule has 0 spiro atoms. The molecule has 31 heavy (non-hydrogen) atoms. The second-order valence-electron chi connectivity index (χ2n) is 7.66. The number of imide groups is 1. The summed E-state index contributed by atoms with van der Waals surface area (Å²) in [6.45, 7) is 2.22. The monoisotopic (exact) mass is 461 g/mol. The van der Waals surface area contributed by atoms with E-state index in [4.69, 9.17) is 4.74 Å². The Morgan fingerprint density at radius 3 is 2.74 bits per heavy atom. The number of fused-ring (bicyclic) bond motifs is 1. The average Bonchev–Trinajstić information content (AvgIpc) is 3.34. The Balaban J connectivity index is 1.33. The number of hydrogen-bond acceptors (Lipinski definition) is 7. The van der Waals surface area contributed by atoms with Gasteiger partial charge in [0.2, 0.25) is 11.8 Å². The fraction of sp³-hybridized carbons (Fsp3) is 0.429. The van der Waals surface area contributed by atoms with Gasteiger partial charge in [-0.15, -0.1) is 11.8 Å². The highest BCUT2D eigenvalue weighted by Crippen LogP contribution is 2.47. The minimum absolute atomic E-state index is 0.00209. The quantitative estimate of drug-likeness (QED) is 0.650. The second-order valence-corrected chi connectivity index (χ2v) is 10.2. The van der Waals surface area contributed by atoms with Crippen molar-refractivity contribution in [2.75, 3.05) is 26.0 Å². The number of ether oxygens (including phenoxy) is 1. The Hall–Kier alpha value is -2.46. The molecule has 1 aromatic carbocycles. The van der Waals surface area contributed by atoms with Crippen LogP contribution in [0.3, 0.4) is 0 Å². The largest absolute Gasteiger partial charge is 0.497 e. The molecule has 4 rings (SSSR count). The lowest BCUT2D eigenvalue weighted by Gasteiger charge is -2.29. The first-order valence-corrected chi connectivity index (χ1v) is 11.8. The van der Waals surface area contributed by atoms with E-state index in [2.05, 4.69) is 5.32 Å². The molecular formula is C21H23N3O5S2.